The van der Waals surface area contributed by atoms with Crippen LogP contribution in [0.4, 0.5) is 0 Å². The molecule has 1 aromatic carbocycles. The second-order valence-corrected chi connectivity index (χ2v) is 5.59. The molecule has 3 nitrogen and oxygen atoms in total. The second kappa shape index (κ2) is 5.63. The van der Waals surface area contributed by atoms with Gasteiger partial charge >= 0.3 is 0 Å². The summed E-state index contributed by atoms with van der Waals surface area (Å²) in [5.41, 5.74) is 1.20. The summed E-state index contributed by atoms with van der Waals surface area (Å²) in [7, 11) is 1.69. The molecule has 0 bridgehead atoms. The number of benzene rings is 1. The van der Waals surface area contributed by atoms with Crippen LogP contribution in [0.15, 0.2) is 35.7 Å². The Morgan fingerprint density at radius 1 is 1.42 bits per heavy atom. The first kappa shape index (κ1) is 12.5. The van der Waals surface area contributed by atoms with E-state index < -0.39 is 0 Å². The van der Waals surface area contributed by atoms with Crippen molar-refractivity contribution in [3.05, 3.63) is 46.2 Å². The fraction of sp³-hybridized carbons (Fsp3) is 0.333. The average Bonchev–Trinajstić information content (AvgIpc) is 2.97. The van der Waals surface area contributed by atoms with Gasteiger partial charge in [0.1, 0.15) is 11.5 Å². The Hall–Kier alpha value is -1.52. The van der Waals surface area contributed by atoms with Crippen LogP contribution >= 0.6 is 11.3 Å². The number of hydrogen-bond donors (Lipinski definition) is 1. The highest BCUT2D eigenvalue weighted by Crippen LogP contribution is 2.34. The standard InChI is InChI=1S/C15H17NO2S/c1-17-11-4-5-15-13(9-11)14(6-7-18-15)16-10-12-3-2-8-19-12/h2-5,8-9,14,16H,6-7,10H2,1H3. The zero-order chi connectivity index (χ0) is 13.1. The predicted octanol–water partition coefficient (Wildman–Crippen LogP) is 3.37. The maximum atomic E-state index is 5.70. The van der Waals surface area contributed by atoms with Gasteiger partial charge in [0.2, 0.25) is 0 Å². The highest BCUT2D eigenvalue weighted by molar-refractivity contribution is 7.09. The van der Waals surface area contributed by atoms with E-state index in [9.17, 15) is 0 Å². The number of fused-ring (bicyclic) bond motifs is 1. The molecular weight excluding hydrogens is 258 g/mol. The van der Waals surface area contributed by atoms with Gasteiger partial charge < -0.3 is 14.8 Å². The first-order chi connectivity index (χ1) is 9.36. The molecule has 0 radical (unpaired) electrons. The van der Waals surface area contributed by atoms with Gasteiger partial charge in [-0.15, -0.1) is 11.3 Å². The van der Waals surface area contributed by atoms with Crippen LogP contribution in [0, 0.1) is 0 Å². The van der Waals surface area contributed by atoms with Gasteiger partial charge in [-0.25, -0.2) is 0 Å². The molecule has 19 heavy (non-hydrogen) atoms. The minimum atomic E-state index is 0.334. The Morgan fingerprint density at radius 2 is 2.37 bits per heavy atom. The molecule has 0 fully saturated rings. The zero-order valence-electron chi connectivity index (χ0n) is 10.9. The zero-order valence-corrected chi connectivity index (χ0v) is 11.7. The van der Waals surface area contributed by atoms with Crippen molar-refractivity contribution in [2.75, 3.05) is 13.7 Å². The molecule has 0 spiro atoms. The fourth-order valence-corrected chi connectivity index (χ4v) is 3.00. The third kappa shape index (κ3) is 2.74. The molecule has 0 saturated carbocycles. The minimum absolute atomic E-state index is 0.334. The van der Waals surface area contributed by atoms with Crippen molar-refractivity contribution in [3.8, 4) is 11.5 Å². The molecule has 1 aliphatic rings. The monoisotopic (exact) mass is 275 g/mol. The lowest BCUT2D eigenvalue weighted by Crippen LogP contribution is -2.26. The Morgan fingerprint density at radius 3 is 3.16 bits per heavy atom. The van der Waals surface area contributed by atoms with Crippen LogP contribution in [0.25, 0.3) is 0 Å². The van der Waals surface area contributed by atoms with Gasteiger partial charge in [-0.05, 0) is 29.6 Å². The van der Waals surface area contributed by atoms with Crippen molar-refractivity contribution < 1.29 is 9.47 Å². The molecule has 2 aromatic rings. The van der Waals surface area contributed by atoms with Gasteiger partial charge in [-0.3, -0.25) is 0 Å². The number of nitrogens with one attached hydrogen (secondary N) is 1. The SMILES string of the molecule is COc1ccc2c(c1)C(NCc1cccs1)CCO2. The molecule has 0 amide bonds. The number of ether oxygens (including phenoxy) is 2. The molecule has 100 valence electrons. The second-order valence-electron chi connectivity index (χ2n) is 4.55. The van der Waals surface area contributed by atoms with E-state index in [2.05, 4.69) is 28.9 Å². The topological polar surface area (TPSA) is 30.5 Å². The van der Waals surface area contributed by atoms with Gasteiger partial charge in [0.05, 0.1) is 13.7 Å². The van der Waals surface area contributed by atoms with Crippen molar-refractivity contribution in [3.63, 3.8) is 0 Å². The fourth-order valence-electron chi connectivity index (χ4n) is 2.35. The molecule has 1 N–H and O–H groups in total. The Bertz CT molecular complexity index is 539. The van der Waals surface area contributed by atoms with E-state index in [1.165, 1.54) is 10.4 Å². The van der Waals surface area contributed by atoms with E-state index >= 15 is 0 Å². The Balaban J connectivity index is 1.77. The molecule has 1 aromatic heterocycles. The molecule has 1 aliphatic heterocycles. The summed E-state index contributed by atoms with van der Waals surface area (Å²) in [6, 6.07) is 10.6. The maximum absolute atomic E-state index is 5.70. The smallest absolute Gasteiger partial charge is 0.124 e. The first-order valence-electron chi connectivity index (χ1n) is 6.43. The summed E-state index contributed by atoms with van der Waals surface area (Å²) in [5.74, 6) is 1.85. The normalized spacial score (nSPS) is 17.6. The maximum Gasteiger partial charge on any atom is 0.124 e. The van der Waals surface area contributed by atoms with E-state index in [4.69, 9.17) is 9.47 Å². The van der Waals surface area contributed by atoms with Crippen molar-refractivity contribution in [1.29, 1.82) is 0 Å². The summed E-state index contributed by atoms with van der Waals surface area (Å²) in [6.45, 7) is 1.67. The number of rotatable bonds is 4. The lowest BCUT2D eigenvalue weighted by atomic mass is 10.00. The summed E-state index contributed by atoms with van der Waals surface area (Å²) < 4.78 is 11.0. The van der Waals surface area contributed by atoms with Crippen molar-refractivity contribution >= 4 is 11.3 Å². The largest absolute Gasteiger partial charge is 0.497 e. The van der Waals surface area contributed by atoms with Gasteiger partial charge in [-0.1, -0.05) is 6.07 Å². The van der Waals surface area contributed by atoms with Gasteiger partial charge in [-0.2, -0.15) is 0 Å². The van der Waals surface area contributed by atoms with Crippen LogP contribution in [-0.4, -0.2) is 13.7 Å². The highest BCUT2D eigenvalue weighted by atomic mass is 32.1. The molecule has 2 heterocycles. The lowest BCUT2D eigenvalue weighted by molar-refractivity contribution is 0.251. The van der Waals surface area contributed by atoms with Crippen molar-refractivity contribution in [1.82, 2.24) is 5.32 Å². The third-order valence-electron chi connectivity index (χ3n) is 3.36. The van der Waals surface area contributed by atoms with Crippen LogP contribution < -0.4 is 14.8 Å². The Labute approximate surface area is 117 Å². The summed E-state index contributed by atoms with van der Waals surface area (Å²) in [4.78, 5) is 1.36. The van der Waals surface area contributed by atoms with E-state index in [1.807, 2.05) is 12.1 Å². The summed E-state index contributed by atoms with van der Waals surface area (Å²) in [6.07, 6.45) is 0.992. The molecule has 3 rings (SSSR count). The van der Waals surface area contributed by atoms with Crippen LogP contribution in [0.2, 0.25) is 0 Å². The molecular formula is C15H17NO2S. The Kier molecular flexibility index (Phi) is 3.71. The average molecular weight is 275 g/mol. The van der Waals surface area contributed by atoms with E-state index in [-0.39, 0.29) is 0 Å². The lowest BCUT2D eigenvalue weighted by Gasteiger charge is -2.27. The van der Waals surface area contributed by atoms with E-state index in [0.717, 1.165) is 31.1 Å². The quantitative estimate of drug-likeness (QED) is 0.928. The first-order valence-corrected chi connectivity index (χ1v) is 7.31. The predicted molar refractivity (Wildman–Crippen MR) is 77.0 cm³/mol. The minimum Gasteiger partial charge on any atom is -0.497 e. The van der Waals surface area contributed by atoms with E-state index in [0.29, 0.717) is 6.04 Å². The van der Waals surface area contributed by atoms with Crippen molar-refractivity contribution in [2.45, 2.75) is 19.0 Å². The molecule has 4 heteroatoms. The van der Waals surface area contributed by atoms with E-state index in [1.54, 1.807) is 18.4 Å². The molecule has 1 unspecified atom stereocenters. The van der Waals surface area contributed by atoms with Crippen LogP contribution in [0.1, 0.15) is 22.9 Å². The highest BCUT2D eigenvalue weighted by Gasteiger charge is 2.21. The van der Waals surface area contributed by atoms with Gasteiger partial charge in [0.25, 0.3) is 0 Å². The van der Waals surface area contributed by atoms with Crippen LogP contribution in [0.5, 0.6) is 11.5 Å². The van der Waals surface area contributed by atoms with Crippen LogP contribution in [0.3, 0.4) is 0 Å². The third-order valence-corrected chi connectivity index (χ3v) is 4.24. The summed E-state index contributed by atoms with van der Waals surface area (Å²) >= 11 is 1.78. The molecule has 0 aliphatic carbocycles. The number of hydrogen-bond acceptors (Lipinski definition) is 4. The molecule has 1 atom stereocenters. The number of thiophene rings is 1. The van der Waals surface area contributed by atoms with Crippen LogP contribution in [-0.2, 0) is 6.54 Å². The van der Waals surface area contributed by atoms with Gasteiger partial charge in [0, 0.05) is 29.4 Å². The van der Waals surface area contributed by atoms with Crippen molar-refractivity contribution in [2.24, 2.45) is 0 Å². The summed E-state index contributed by atoms with van der Waals surface area (Å²) in [5, 5.41) is 5.72. The number of methoxy groups -OCH3 is 1. The molecule has 0 saturated heterocycles. The van der Waals surface area contributed by atoms with Gasteiger partial charge in [0.15, 0.2) is 0 Å².